The molecule has 1 atom stereocenters. The number of aryl methyl sites for hydroxylation is 3. The first-order chi connectivity index (χ1) is 15.8. The predicted molar refractivity (Wildman–Crippen MR) is 123 cm³/mol. The molecule has 0 fully saturated rings. The second kappa shape index (κ2) is 9.40. The van der Waals surface area contributed by atoms with E-state index in [1.165, 1.54) is 6.07 Å². The molecule has 1 aromatic carbocycles. The van der Waals surface area contributed by atoms with Gasteiger partial charge in [-0.05, 0) is 50.5 Å². The van der Waals surface area contributed by atoms with Crippen molar-refractivity contribution in [3.05, 3.63) is 69.7 Å². The molecule has 0 spiro atoms. The van der Waals surface area contributed by atoms with E-state index in [1.54, 1.807) is 23.5 Å². The normalized spacial score (nSPS) is 16.0. The first-order valence-electron chi connectivity index (χ1n) is 10.8. The minimum atomic E-state index is -4.57. The number of rotatable bonds is 7. The highest BCUT2D eigenvalue weighted by Gasteiger charge is 2.35. The molecule has 1 unspecified atom stereocenters. The summed E-state index contributed by atoms with van der Waals surface area (Å²) in [4.78, 5) is 10.8. The number of alkyl halides is 3. The molecule has 172 valence electrons. The van der Waals surface area contributed by atoms with Gasteiger partial charge < -0.3 is 9.47 Å². The Morgan fingerprint density at radius 1 is 1.33 bits per heavy atom. The highest BCUT2D eigenvalue weighted by atomic mass is 32.1. The number of anilines is 1. The zero-order chi connectivity index (χ0) is 23.6. The Hall–Kier alpha value is -3.12. The molecule has 1 aliphatic carbocycles. The minimum absolute atomic E-state index is 0.0450. The van der Waals surface area contributed by atoms with Crippen LogP contribution in [0, 0.1) is 18.3 Å². The second-order valence-corrected chi connectivity index (χ2v) is 9.09. The number of benzene rings is 1. The summed E-state index contributed by atoms with van der Waals surface area (Å²) in [5, 5.41) is 12.2. The van der Waals surface area contributed by atoms with E-state index in [1.807, 2.05) is 31.3 Å². The Morgan fingerprint density at radius 2 is 2.15 bits per heavy atom. The third-order valence-corrected chi connectivity index (χ3v) is 6.77. The van der Waals surface area contributed by atoms with Crippen molar-refractivity contribution in [3.63, 3.8) is 0 Å². The van der Waals surface area contributed by atoms with E-state index >= 15 is 0 Å². The molecule has 1 aliphatic rings. The van der Waals surface area contributed by atoms with E-state index in [-0.39, 0.29) is 11.6 Å². The van der Waals surface area contributed by atoms with Crippen LogP contribution in [-0.2, 0) is 19.1 Å². The quantitative estimate of drug-likeness (QED) is 0.434. The highest BCUT2D eigenvalue weighted by molar-refractivity contribution is 7.09. The lowest BCUT2D eigenvalue weighted by atomic mass is 10.0. The Bertz CT molecular complexity index is 1200. The standard InChI is InChI=1S/C24H24F3N5S/c1-3-32(21-7-5-18(12-28)22(11-21)24(25,26)27)20-6-4-17(10-20)23-13-29-15-31(23)9-8-19-14-33-16(2)30-19/h4-5,7,11,13-15,20H,3,6,8-10H2,1-2H3. The van der Waals surface area contributed by atoms with Gasteiger partial charge in [0.25, 0.3) is 0 Å². The summed E-state index contributed by atoms with van der Waals surface area (Å²) in [6, 6.07) is 5.66. The molecule has 33 heavy (non-hydrogen) atoms. The van der Waals surface area contributed by atoms with Crippen LogP contribution >= 0.6 is 11.3 Å². The van der Waals surface area contributed by atoms with Crippen LogP contribution in [0.1, 0.15) is 47.3 Å². The van der Waals surface area contributed by atoms with Crippen molar-refractivity contribution in [2.24, 2.45) is 0 Å². The van der Waals surface area contributed by atoms with Crippen molar-refractivity contribution in [1.82, 2.24) is 14.5 Å². The Labute approximate surface area is 194 Å². The van der Waals surface area contributed by atoms with Gasteiger partial charge in [0, 0.05) is 36.6 Å². The summed E-state index contributed by atoms with van der Waals surface area (Å²) < 4.78 is 42.5. The number of thiazole rings is 1. The molecular weight excluding hydrogens is 447 g/mol. The number of imidazole rings is 1. The predicted octanol–water partition coefficient (Wildman–Crippen LogP) is 5.85. The van der Waals surface area contributed by atoms with Crippen LogP contribution in [0.5, 0.6) is 0 Å². The molecular formula is C24H24F3N5S. The van der Waals surface area contributed by atoms with Gasteiger partial charge in [0.2, 0.25) is 0 Å². The summed E-state index contributed by atoms with van der Waals surface area (Å²) >= 11 is 1.64. The van der Waals surface area contributed by atoms with Crippen LogP contribution in [0.3, 0.4) is 0 Å². The number of aromatic nitrogens is 3. The third-order valence-electron chi connectivity index (χ3n) is 5.95. The summed E-state index contributed by atoms with van der Waals surface area (Å²) in [6.07, 6.45) is 3.52. The van der Waals surface area contributed by atoms with Crippen molar-refractivity contribution in [3.8, 4) is 6.07 Å². The van der Waals surface area contributed by atoms with E-state index < -0.39 is 11.7 Å². The highest BCUT2D eigenvalue weighted by Crippen LogP contribution is 2.37. The molecule has 3 aromatic rings. The van der Waals surface area contributed by atoms with Gasteiger partial charge in [-0.2, -0.15) is 18.4 Å². The molecule has 9 heteroatoms. The maximum atomic E-state index is 13.5. The molecule has 5 nitrogen and oxygen atoms in total. The van der Waals surface area contributed by atoms with Gasteiger partial charge in [-0.3, -0.25) is 0 Å². The summed E-state index contributed by atoms with van der Waals surface area (Å²) in [6.45, 7) is 5.26. The van der Waals surface area contributed by atoms with Gasteiger partial charge in [-0.15, -0.1) is 11.3 Å². The summed E-state index contributed by atoms with van der Waals surface area (Å²) in [7, 11) is 0. The summed E-state index contributed by atoms with van der Waals surface area (Å²) in [5.74, 6) is 0. The zero-order valence-electron chi connectivity index (χ0n) is 18.4. The Morgan fingerprint density at radius 3 is 2.82 bits per heavy atom. The van der Waals surface area contributed by atoms with E-state index in [2.05, 4.69) is 26.0 Å². The maximum Gasteiger partial charge on any atom is 0.417 e. The van der Waals surface area contributed by atoms with Crippen LogP contribution in [0.4, 0.5) is 18.9 Å². The maximum absolute atomic E-state index is 13.5. The van der Waals surface area contributed by atoms with Gasteiger partial charge in [-0.25, -0.2) is 9.97 Å². The number of nitrogens with zero attached hydrogens (tertiary/aromatic N) is 5. The molecule has 0 amide bonds. The van der Waals surface area contributed by atoms with Gasteiger partial charge in [0.1, 0.15) is 0 Å². The average molecular weight is 472 g/mol. The molecule has 2 aromatic heterocycles. The monoisotopic (exact) mass is 471 g/mol. The first kappa shape index (κ1) is 23.1. The average Bonchev–Trinajstić information content (AvgIpc) is 3.53. The van der Waals surface area contributed by atoms with E-state index in [9.17, 15) is 13.2 Å². The number of hydrogen-bond donors (Lipinski definition) is 0. The molecule has 0 radical (unpaired) electrons. The van der Waals surface area contributed by atoms with Crippen molar-refractivity contribution < 1.29 is 13.2 Å². The van der Waals surface area contributed by atoms with Crippen LogP contribution in [0.25, 0.3) is 5.57 Å². The molecule has 0 saturated carbocycles. The fraction of sp³-hybridized carbons (Fsp3) is 0.375. The van der Waals surface area contributed by atoms with Crippen molar-refractivity contribution >= 4 is 22.6 Å². The lowest BCUT2D eigenvalue weighted by Gasteiger charge is -2.31. The Kier molecular flexibility index (Phi) is 6.56. The van der Waals surface area contributed by atoms with Gasteiger partial charge in [0.05, 0.1) is 46.1 Å². The van der Waals surface area contributed by atoms with E-state index in [0.29, 0.717) is 12.2 Å². The number of nitriles is 1. The summed E-state index contributed by atoms with van der Waals surface area (Å²) in [5.41, 5.74) is 2.49. The first-order valence-corrected chi connectivity index (χ1v) is 11.7. The fourth-order valence-corrected chi connectivity index (χ4v) is 5.01. The zero-order valence-corrected chi connectivity index (χ0v) is 19.2. The Balaban J connectivity index is 1.49. The number of halogens is 3. The lowest BCUT2D eigenvalue weighted by Crippen LogP contribution is -2.33. The molecule has 0 aliphatic heterocycles. The van der Waals surface area contributed by atoms with Gasteiger partial charge in [0.15, 0.2) is 0 Å². The van der Waals surface area contributed by atoms with E-state index in [4.69, 9.17) is 5.26 Å². The fourth-order valence-electron chi connectivity index (χ4n) is 4.36. The molecule has 2 heterocycles. The largest absolute Gasteiger partial charge is 0.417 e. The molecule has 0 saturated heterocycles. The second-order valence-electron chi connectivity index (χ2n) is 8.03. The van der Waals surface area contributed by atoms with Crippen molar-refractivity contribution in [2.75, 3.05) is 11.4 Å². The van der Waals surface area contributed by atoms with Gasteiger partial charge >= 0.3 is 6.18 Å². The van der Waals surface area contributed by atoms with Crippen LogP contribution in [-0.4, -0.2) is 27.1 Å². The van der Waals surface area contributed by atoms with E-state index in [0.717, 1.165) is 53.8 Å². The van der Waals surface area contributed by atoms with Crippen LogP contribution < -0.4 is 4.90 Å². The van der Waals surface area contributed by atoms with Crippen molar-refractivity contribution in [1.29, 1.82) is 5.26 Å². The lowest BCUT2D eigenvalue weighted by molar-refractivity contribution is -0.137. The van der Waals surface area contributed by atoms with Crippen LogP contribution in [0.2, 0.25) is 0 Å². The van der Waals surface area contributed by atoms with Gasteiger partial charge in [-0.1, -0.05) is 6.08 Å². The third kappa shape index (κ3) is 4.96. The van der Waals surface area contributed by atoms with Crippen LogP contribution in [0.15, 0.2) is 42.2 Å². The molecule has 4 rings (SSSR count). The molecule has 0 N–H and O–H groups in total. The van der Waals surface area contributed by atoms with Crippen molar-refractivity contribution in [2.45, 2.75) is 51.9 Å². The minimum Gasteiger partial charge on any atom is -0.368 e. The topological polar surface area (TPSA) is 57.7 Å². The number of hydrogen-bond acceptors (Lipinski definition) is 5. The smallest absolute Gasteiger partial charge is 0.368 e. The SMILES string of the molecule is CCN(c1ccc(C#N)c(C(F)(F)F)c1)C1CC=C(c2cncn2CCc2csc(C)n2)C1. The molecule has 0 bridgehead atoms.